The van der Waals surface area contributed by atoms with Crippen LogP contribution in [0.5, 0.6) is 0 Å². The van der Waals surface area contributed by atoms with E-state index in [2.05, 4.69) is 20.3 Å². The number of carboxylic acid groups (broad SMARTS) is 1. The van der Waals surface area contributed by atoms with E-state index in [0.717, 1.165) is 5.56 Å². The number of nitrogens with one attached hydrogen (secondary N) is 1. The van der Waals surface area contributed by atoms with Crippen LogP contribution >= 0.6 is 0 Å². The van der Waals surface area contributed by atoms with Crippen LogP contribution in [-0.4, -0.2) is 26.0 Å². The van der Waals surface area contributed by atoms with Crippen molar-refractivity contribution in [2.75, 3.05) is 5.32 Å². The fourth-order valence-corrected chi connectivity index (χ4v) is 2.75. The Labute approximate surface area is 165 Å². The third-order valence-corrected chi connectivity index (χ3v) is 4.19. The lowest BCUT2D eigenvalue weighted by Gasteiger charge is -2.11. The van der Waals surface area contributed by atoms with Crippen molar-refractivity contribution in [1.82, 2.24) is 15.0 Å². The monoisotopic (exact) mass is 386 g/mol. The van der Waals surface area contributed by atoms with Gasteiger partial charge >= 0.3 is 5.97 Å². The molecule has 0 radical (unpaired) electrons. The summed E-state index contributed by atoms with van der Waals surface area (Å²) in [5.41, 5.74) is 3.00. The van der Waals surface area contributed by atoms with Gasteiger partial charge in [-0.2, -0.15) is 0 Å². The van der Waals surface area contributed by atoms with Gasteiger partial charge in [-0.05, 0) is 60.7 Å². The number of rotatable bonds is 5. The molecule has 4 rings (SSSR count). The lowest BCUT2D eigenvalue weighted by molar-refractivity contribution is 0.0697. The van der Waals surface area contributed by atoms with Crippen LogP contribution in [0.1, 0.15) is 10.4 Å². The Bertz CT molecular complexity index is 1150. The van der Waals surface area contributed by atoms with Gasteiger partial charge in [0.15, 0.2) is 5.82 Å². The number of nitrogens with zero attached hydrogens (tertiary/aromatic N) is 3. The van der Waals surface area contributed by atoms with E-state index < -0.39 is 5.97 Å². The molecule has 0 aliphatic carbocycles. The molecule has 0 atom stereocenters. The third kappa shape index (κ3) is 4.24. The largest absolute Gasteiger partial charge is 0.478 e. The van der Waals surface area contributed by atoms with E-state index in [1.165, 1.54) is 24.3 Å². The first-order valence-electron chi connectivity index (χ1n) is 8.74. The van der Waals surface area contributed by atoms with Crippen molar-refractivity contribution >= 4 is 17.5 Å². The fourth-order valence-electron chi connectivity index (χ4n) is 2.75. The van der Waals surface area contributed by atoms with E-state index >= 15 is 0 Å². The standard InChI is InChI=1S/C22H15FN4O2/c23-17-7-3-14(4-8-17)21-26-19(16-2-1-11-24-13-16)12-20(27-21)25-18-9-5-15(6-10-18)22(28)29/h1-13H,(H,28,29)(H,25,26,27). The summed E-state index contributed by atoms with van der Waals surface area (Å²) in [5, 5.41) is 12.2. The van der Waals surface area contributed by atoms with Crippen molar-refractivity contribution in [2.24, 2.45) is 0 Å². The molecule has 4 aromatic rings. The number of halogens is 1. The van der Waals surface area contributed by atoms with Crippen LogP contribution in [0.15, 0.2) is 79.1 Å². The maximum atomic E-state index is 13.3. The maximum absolute atomic E-state index is 13.3. The second kappa shape index (κ2) is 7.85. The van der Waals surface area contributed by atoms with Gasteiger partial charge in [-0.3, -0.25) is 4.98 Å². The fraction of sp³-hybridized carbons (Fsp3) is 0. The van der Waals surface area contributed by atoms with Crippen LogP contribution < -0.4 is 5.32 Å². The zero-order valence-electron chi connectivity index (χ0n) is 15.1. The van der Waals surface area contributed by atoms with Gasteiger partial charge in [0.2, 0.25) is 0 Å². The first-order valence-corrected chi connectivity index (χ1v) is 8.74. The summed E-state index contributed by atoms with van der Waals surface area (Å²) in [7, 11) is 0. The molecule has 29 heavy (non-hydrogen) atoms. The lowest BCUT2D eigenvalue weighted by atomic mass is 10.1. The average molecular weight is 386 g/mol. The Morgan fingerprint density at radius 3 is 2.34 bits per heavy atom. The van der Waals surface area contributed by atoms with Gasteiger partial charge in [0.25, 0.3) is 0 Å². The molecular weight excluding hydrogens is 371 g/mol. The number of hydrogen-bond donors (Lipinski definition) is 2. The zero-order chi connectivity index (χ0) is 20.2. The molecule has 0 saturated heterocycles. The summed E-state index contributed by atoms with van der Waals surface area (Å²) >= 11 is 0. The highest BCUT2D eigenvalue weighted by Gasteiger charge is 2.10. The molecule has 7 heteroatoms. The number of pyridine rings is 1. The van der Waals surface area contributed by atoms with Crippen LogP contribution in [0.4, 0.5) is 15.9 Å². The summed E-state index contributed by atoms with van der Waals surface area (Å²) < 4.78 is 13.3. The second-order valence-corrected chi connectivity index (χ2v) is 6.22. The summed E-state index contributed by atoms with van der Waals surface area (Å²) in [6.07, 6.45) is 3.37. The second-order valence-electron chi connectivity index (χ2n) is 6.22. The smallest absolute Gasteiger partial charge is 0.335 e. The number of benzene rings is 2. The third-order valence-electron chi connectivity index (χ3n) is 4.19. The molecule has 0 unspecified atom stereocenters. The van der Waals surface area contributed by atoms with E-state index in [4.69, 9.17) is 5.11 Å². The Balaban J connectivity index is 1.75. The van der Waals surface area contributed by atoms with Crippen LogP contribution in [0.3, 0.4) is 0 Å². The Morgan fingerprint density at radius 2 is 1.69 bits per heavy atom. The van der Waals surface area contributed by atoms with Crippen molar-refractivity contribution in [1.29, 1.82) is 0 Å². The van der Waals surface area contributed by atoms with Gasteiger partial charge in [-0.25, -0.2) is 19.2 Å². The predicted molar refractivity (Wildman–Crippen MR) is 107 cm³/mol. The number of carboxylic acids is 1. The molecule has 0 spiro atoms. The zero-order valence-corrected chi connectivity index (χ0v) is 15.1. The molecule has 2 N–H and O–H groups in total. The minimum Gasteiger partial charge on any atom is -0.478 e. The summed E-state index contributed by atoms with van der Waals surface area (Å²) in [5.74, 6) is -0.387. The van der Waals surface area contributed by atoms with Gasteiger partial charge in [0.1, 0.15) is 11.6 Å². The van der Waals surface area contributed by atoms with Crippen LogP contribution in [0, 0.1) is 5.82 Å². The van der Waals surface area contributed by atoms with Crippen molar-refractivity contribution in [3.05, 3.63) is 90.5 Å². The van der Waals surface area contributed by atoms with Gasteiger partial charge in [-0.1, -0.05) is 0 Å². The minimum absolute atomic E-state index is 0.196. The molecule has 2 aromatic carbocycles. The highest BCUT2D eigenvalue weighted by Crippen LogP contribution is 2.26. The van der Waals surface area contributed by atoms with E-state index in [1.807, 2.05) is 12.1 Å². The quantitative estimate of drug-likeness (QED) is 0.513. The minimum atomic E-state index is -0.990. The van der Waals surface area contributed by atoms with Crippen LogP contribution in [0.25, 0.3) is 22.6 Å². The molecule has 0 saturated carbocycles. The molecule has 0 bridgehead atoms. The summed E-state index contributed by atoms with van der Waals surface area (Å²) in [6.45, 7) is 0. The molecular formula is C22H15FN4O2. The number of aromatic nitrogens is 3. The van der Waals surface area contributed by atoms with E-state index in [-0.39, 0.29) is 11.4 Å². The van der Waals surface area contributed by atoms with Gasteiger partial charge in [-0.15, -0.1) is 0 Å². The van der Waals surface area contributed by atoms with Crippen LogP contribution in [-0.2, 0) is 0 Å². The molecule has 0 amide bonds. The number of anilines is 2. The van der Waals surface area contributed by atoms with Crippen LogP contribution in [0.2, 0.25) is 0 Å². The van der Waals surface area contributed by atoms with Gasteiger partial charge in [0.05, 0.1) is 11.3 Å². The van der Waals surface area contributed by atoms with Crippen molar-refractivity contribution in [3.8, 4) is 22.6 Å². The van der Waals surface area contributed by atoms with Crippen molar-refractivity contribution in [3.63, 3.8) is 0 Å². The Hall–Kier alpha value is -4.13. The molecule has 2 aromatic heterocycles. The summed E-state index contributed by atoms with van der Waals surface area (Å²) in [4.78, 5) is 24.3. The first kappa shape index (κ1) is 18.2. The van der Waals surface area contributed by atoms with E-state index in [1.54, 1.807) is 42.7 Å². The highest BCUT2D eigenvalue weighted by atomic mass is 19.1. The maximum Gasteiger partial charge on any atom is 0.335 e. The first-order chi connectivity index (χ1) is 14.1. The summed E-state index contributed by atoms with van der Waals surface area (Å²) in [6, 6.07) is 17.7. The molecule has 2 heterocycles. The SMILES string of the molecule is O=C(O)c1ccc(Nc2cc(-c3cccnc3)nc(-c3ccc(F)cc3)n2)cc1. The lowest BCUT2D eigenvalue weighted by Crippen LogP contribution is -2.00. The normalized spacial score (nSPS) is 10.5. The molecule has 0 aliphatic rings. The van der Waals surface area contributed by atoms with Gasteiger partial charge < -0.3 is 10.4 Å². The topological polar surface area (TPSA) is 88.0 Å². The molecule has 142 valence electrons. The number of aromatic carboxylic acids is 1. The predicted octanol–water partition coefficient (Wildman–Crippen LogP) is 4.79. The molecule has 0 aliphatic heterocycles. The van der Waals surface area contributed by atoms with E-state index in [0.29, 0.717) is 28.6 Å². The number of carbonyl (C=O) groups is 1. The van der Waals surface area contributed by atoms with E-state index in [9.17, 15) is 9.18 Å². The Morgan fingerprint density at radius 1 is 0.931 bits per heavy atom. The van der Waals surface area contributed by atoms with Gasteiger partial charge in [0, 0.05) is 35.3 Å². The Kier molecular flexibility index (Phi) is 4.94. The molecule has 0 fully saturated rings. The van der Waals surface area contributed by atoms with Crippen molar-refractivity contribution < 1.29 is 14.3 Å². The molecule has 6 nitrogen and oxygen atoms in total. The number of hydrogen-bond acceptors (Lipinski definition) is 5. The van der Waals surface area contributed by atoms with Crippen molar-refractivity contribution in [2.45, 2.75) is 0 Å². The highest BCUT2D eigenvalue weighted by molar-refractivity contribution is 5.88. The average Bonchev–Trinajstić information content (AvgIpc) is 2.75.